The van der Waals surface area contributed by atoms with Gasteiger partial charge in [-0.15, -0.1) is 0 Å². The summed E-state index contributed by atoms with van der Waals surface area (Å²) in [5.41, 5.74) is 2.00. The molecule has 27 heavy (non-hydrogen) atoms. The Balaban J connectivity index is 1.80. The molecule has 0 aliphatic heterocycles. The lowest BCUT2D eigenvalue weighted by atomic mass is 10.2. The predicted octanol–water partition coefficient (Wildman–Crippen LogP) is 4.23. The smallest absolute Gasteiger partial charge is 0.326 e. The maximum atomic E-state index is 12.6. The quantitative estimate of drug-likeness (QED) is 0.565. The zero-order valence-corrected chi connectivity index (χ0v) is 14.6. The number of hydrogen-bond acceptors (Lipinski definition) is 3. The van der Waals surface area contributed by atoms with E-state index in [2.05, 4.69) is 15.8 Å². The molecule has 0 radical (unpaired) electrons. The molecular weight excluding hydrogens is 383 g/mol. The number of rotatable bonds is 6. The van der Waals surface area contributed by atoms with E-state index < -0.39 is 23.6 Å². The summed E-state index contributed by atoms with van der Waals surface area (Å²) >= 11 is 5.93. The minimum absolute atomic E-state index is 0.00646. The highest BCUT2D eigenvalue weighted by molar-refractivity contribution is 6.33. The fraction of sp³-hybridized carbons (Fsp3) is 0.167. The van der Waals surface area contributed by atoms with Crippen molar-refractivity contribution in [1.82, 2.24) is 5.43 Å². The largest absolute Gasteiger partial charge is 0.416 e. The van der Waals surface area contributed by atoms with Crippen molar-refractivity contribution in [2.45, 2.75) is 19.0 Å². The molecule has 0 heterocycles. The van der Waals surface area contributed by atoms with Gasteiger partial charge in [-0.25, -0.2) is 5.43 Å². The molecule has 0 saturated carbocycles. The number of anilines is 1. The van der Waals surface area contributed by atoms with Crippen LogP contribution in [0.25, 0.3) is 0 Å². The number of amides is 2. The summed E-state index contributed by atoms with van der Waals surface area (Å²) in [5, 5.41) is 6.53. The van der Waals surface area contributed by atoms with E-state index in [-0.39, 0.29) is 18.5 Å². The van der Waals surface area contributed by atoms with E-state index in [0.717, 1.165) is 12.1 Å². The van der Waals surface area contributed by atoms with Gasteiger partial charge in [-0.05, 0) is 24.3 Å². The average molecular weight is 398 g/mol. The lowest BCUT2D eigenvalue weighted by Gasteiger charge is -2.09. The molecule has 0 aliphatic carbocycles. The van der Waals surface area contributed by atoms with Crippen LogP contribution in [0, 0.1) is 0 Å². The van der Waals surface area contributed by atoms with E-state index in [4.69, 9.17) is 11.6 Å². The minimum atomic E-state index is -4.50. The number of halogens is 4. The number of hydrogen-bond donors (Lipinski definition) is 2. The lowest BCUT2D eigenvalue weighted by molar-refractivity contribution is -0.137. The van der Waals surface area contributed by atoms with Crippen LogP contribution in [0.4, 0.5) is 18.9 Å². The number of nitrogens with one attached hydrogen (secondary N) is 2. The van der Waals surface area contributed by atoms with Crippen molar-refractivity contribution < 1.29 is 22.8 Å². The van der Waals surface area contributed by atoms with Crippen LogP contribution in [0.3, 0.4) is 0 Å². The van der Waals surface area contributed by atoms with Gasteiger partial charge in [-0.2, -0.15) is 18.3 Å². The number of alkyl halides is 3. The van der Waals surface area contributed by atoms with Gasteiger partial charge in [0.25, 0.3) is 0 Å². The van der Waals surface area contributed by atoms with Crippen LogP contribution < -0.4 is 10.7 Å². The molecule has 2 aromatic rings. The van der Waals surface area contributed by atoms with Crippen molar-refractivity contribution in [3.05, 3.63) is 64.7 Å². The maximum absolute atomic E-state index is 12.6. The van der Waals surface area contributed by atoms with Crippen molar-refractivity contribution in [2.75, 3.05) is 5.32 Å². The van der Waals surface area contributed by atoms with Crippen molar-refractivity contribution in [2.24, 2.45) is 5.10 Å². The number of carbonyl (C=O) groups is 2. The zero-order valence-electron chi connectivity index (χ0n) is 13.9. The number of nitrogens with zero attached hydrogens (tertiary/aromatic N) is 1. The van der Waals surface area contributed by atoms with Gasteiger partial charge in [0, 0.05) is 29.1 Å². The van der Waals surface area contributed by atoms with Crippen LogP contribution in [0.5, 0.6) is 0 Å². The molecule has 5 nitrogen and oxygen atoms in total. The van der Waals surface area contributed by atoms with Crippen LogP contribution in [0.1, 0.15) is 24.0 Å². The molecule has 2 rings (SSSR count). The lowest BCUT2D eigenvalue weighted by Crippen LogP contribution is -2.20. The molecule has 0 bridgehead atoms. The second-order valence-electron chi connectivity index (χ2n) is 5.44. The topological polar surface area (TPSA) is 70.6 Å². The summed E-state index contributed by atoms with van der Waals surface area (Å²) in [7, 11) is 0. The van der Waals surface area contributed by atoms with Gasteiger partial charge in [0.1, 0.15) is 0 Å². The first-order valence-electron chi connectivity index (χ1n) is 7.79. The summed E-state index contributed by atoms with van der Waals surface area (Å²) in [5.74, 6) is -1.10. The summed E-state index contributed by atoms with van der Waals surface area (Å²) in [4.78, 5) is 23.5. The third kappa shape index (κ3) is 6.74. The van der Waals surface area contributed by atoms with Gasteiger partial charge in [-0.1, -0.05) is 35.9 Å². The first-order valence-corrected chi connectivity index (χ1v) is 8.17. The molecule has 2 N–H and O–H groups in total. The van der Waals surface area contributed by atoms with Gasteiger partial charge in [0.05, 0.1) is 11.8 Å². The highest BCUT2D eigenvalue weighted by Gasteiger charge is 2.30. The monoisotopic (exact) mass is 397 g/mol. The highest BCUT2D eigenvalue weighted by Crippen LogP contribution is 2.30. The number of hydrazone groups is 1. The van der Waals surface area contributed by atoms with E-state index >= 15 is 0 Å². The summed E-state index contributed by atoms with van der Waals surface area (Å²) in [6.45, 7) is 0. The van der Waals surface area contributed by atoms with Gasteiger partial charge in [0.15, 0.2) is 0 Å². The molecule has 0 saturated heterocycles. The van der Waals surface area contributed by atoms with Crippen LogP contribution in [0.2, 0.25) is 5.02 Å². The third-order valence-electron chi connectivity index (χ3n) is 3.35. The van der Waals surface area contributed by atoms with Gasteiger partial charge >= 0.3 is 6.18 Å². The Labute approximate surface area is 158 Å². The van der Waals surface area contributed by atoms with E-state index in [9.17, 15) is 22.8 Å². The first-order chi connectivity index (χ1) is 12.8. The van der Waals surface area contributed by atoms with Crippen molar-refractivity contribution in [3.63, 3.8) is 0 Å². The van der Waals surface area contributed by atoms with Crippen LogP contribution in [-0.2, 0) is 15.8 Å². The van der Waals surface area contributed by atoms with Crippen LogP contribution >= 0.6 is 11.6 Å². The standard InChI is InChI=1S/C18H15ClF3N3O2/c19-15-7-2-1-4-12(15)11-23-25-17(27)9-8-16(26)24-14-6-3-5-13(10-14)18(20,21)22/h1-7,10-11H,8-9H2,(H,24,26)(H,25,27). The van der Waals surface area contributed by atoms with Gasteiger partial charge < -0.3 is 5.32 Å². The minimum Gasteiger partial charge on any atom is -0.326 e. The molecule has 0 atom stereocenters. The Hall–Kier alpha value is -2.87. The zero-order chi connectivity index (χ0) is 19.9. The first kappa shape index (κ1) is 20.4. The Morgan fingerprint density at radius 3 is 2.44 bits per heavy atom. The van der Waals surface area contributed by atoms with E-state index in [0.29, 0.717) is 10.6 Å². The van der Waals surface area contributed by atoms with E-state index in [1.807, 2.05) is 0 Å². The van der Waals surface area contributed by atoms with E-state index in [1.54, 1.807) is 24.3 Å². The molecule has 2 amide bonds. The summed E-state index contributed by atoms with van der Waals surface area (Å²) < 4.78 is 37.9. The van der Waals surface area contributed by atoms with Crippen molar-refractivity contribution in [1.29, 1.82) is 0 Å². The molecule has 0 spiro atoms. The molecule has 9 heteroatoms. The second kappa shape index (κ2) is 9.18. The van der Waals surface area contributed by atoms with Crippen molar-refractivity contribution >= 4 is 35.3 Å². The Morgan fingerprint density at radius 2 is 1.74 bits per heavy atom. The molecule has 2 aromatic carbocycles. The number of benzene rings is 2. The average Bonchev–Trinajstić information content (AvgIpc) is 2.61. The molecule has 0 unspecified atom stereocenters. The Bertz CT molecular complexity index is 854. The number of carbonyl (C=O) groups excluding carboxylic acids is 2. The Morgan fingerprint density at radius 1 is 1.04 bits per heavy atom. The molecule has 0 fully saturated rings. The van der Waals surface area contributed by atoms with Crippen LogP contribution in [0.15, 0.2) is 53.6 Å². The second-order valence-corrected chi connectivity index (χ2v) is 5.85. The third-order valence-corrected chi connectivity index (χ3v) is 3.70. The molecular formula is C18H15ClF3N3O2. The van der Waals surface area contributed by atoms with Crippen LogP contribution in [-0.4, -0.2) is 18.0 Å². The summed E-state index contributed by atoms with van der Waals surface area (Å²) in [6, 6.07) is 11.1. The molecule has 142 valence electrons. The fourth-order valence-corrected chi connectivity index (χ4v) is 2.22. The predicted molar refractivity (Wildman–Crippen MR) is 96.5 cm³/mol. The molecule has 0 aliphatic rings. The maximum Gasteiger partial charge on any atom is 0.416 e. The van der Waals surface area contributed by atoms with Gasteiger partial charge in [0.2, 0.25) is 11.8 Å². The summed E-state index contributed by atoms with van der Waals surface area (Å²) in [6.07, 6.45) is -3.52. The van der Waals surface area contributed by atoms with Crippen molar-refractivity contribution in [3.8, 4) is 0 Å². The fourth-order valence-electron chi connectivity index (χ4n) is 2.03. The molecule has 0 aromatic heterocycles. The normalized spacial score (nSPS) is 11.4. The van der Waals surface area contributed by atoms with Gasteiger partial charge in [-0.3, -0.25) is 9.59 Å². The highest BCUT2D eigenvalue weighted by atomic mass is 35.5. The van der Waals surface area contributed by atoms with E-state index in [1.165, 1.54) is 18.3 Å². The SMILES string of the molecule is O=C(CCC(=O)Nc1cccc(C(F)(F)F)c1)NN=Cc1ccccc1Cl. The Kier molecular flexibility index (Phi) is 6.95.